The first kappa shape index (κ1) is 7.64. The molecule has 0 heterocycles. The SMILES string of the molecule is CCCCC(C1CC1)C1CC1. The smallest absolute Gasteiger partial charge is 0.0357 e. The normalized spacial score (nSPS) is 24.5. The van der Waals surface area contributed by atoms with Crippen LogP contribution >= 0.6 is 0 Å². The van der Waals surface area contributed by atoms with Gasteiger partial charge in [-0.15, -0.1) is 0 Å². The number of unbranched alkanes of at least 4 members (excludes halogenated alkanes) is 1. The van der Waals surface area contributed by atoms with E-state index in [1.807, 2.05) is 0 Å². The van der Waals surface area contributed by atoms with E-state index in [1.54, 1.807) is 32.1 Å². The maximum absolute atomic E-state index is 2.32. The fourth-order valence-corrected chi connectivity index (χ4v) is 2.34. The van der Waals surface area contributed by atoms with Gasteiger partial charge in [-0.3, -0.25) is 0 Å². The molecule has 2 aliphatic carbocycles. The molecule has 0 radical (unpaired) electrons. The Balaban J connectivity index is 1.73. The highest BCUT2D eigenvalue weighted by Gasteiger charge is 2.40. The molecule has 0 unspecified atom stereocenters. The summed E-state index contributed by atoms with van der Waals surface area (Å²) in [5.41, 5.74) is 0. The van der Waals surface area contributed by atoms with Gasteiger partial charge in [0.05, 0.1) is 0 Å². The first-order valence-corrected chi connectivity index (χ1v) is 5.42. The van der Waals surface area contributed by atoms with Gasteiger partial charge in [-0.1, -0.05) is 19.8 Å². The maximum atomic E-state index is 2.32. The van der Waals surface area contributed by atoms with Gasteiger partial charge in [-0.2, -0.15) is 0 Å². The van der Waals surface area contributed by atoms with E-state index in [9.17, 15) is 0 Å². The van der Waals surface area contributed by atoms with Gasteiger partial charge >= 0.3 is 0 Å². The Hall–Kier alpha value is 0. The predicted molar refractivity (Wildman–Crippen MR) is 48.5 cm³/mol. The lowest BCUT2D eigenvalue weighted by Gasteiger charge is -2.13. The van der Waals surface area contributed by atoms with Crippen molar-refractivity contribution < 1.29 is 0 Å². The highest BCUT2D eigenvalue weighted by molar-refractivity contribution is 4.91. The summed E-state index contributed by atoms with van der Waals surface area (Å²) in [5.74, 6) is 3.51. The zero-order chi connectivity index (χ0) is 7.68. The minimum absolute atomic E-state index is 1.16. The third kappa shape index (κ3) is 1.98. The number of hydrogen-bond donors (Lipinski definition) is 0. The van der Waals surface area contributed by atoms with Crippen molar-refractivity contribution in [3.05, 3.63) is 0 Å². The second kappa shape index (κ2) is 3.16. The highest BCUT2D eigenvalue weighted by atomic mass is 14.5. The van der Waals surface area contributed by atoms with Gasteiger partial charge in [0, 0.05) is 0 Å². The Morgan fingerprint density at radius 1 is 1.09 bits per heavy atom. The number of hydrogen-bond acceptors (Lipinski definition) is 0. The van der Waals surface area contributed by atoms with Crippen molar-refractivity contribution in [2.45, 2.75) is 51.9 Å². The molecule has 2 saturated carbocycles. The van der Waals surface area contributed by atoms with E-state index < -0.39 is 0 Å². The molecule has 2 fully saturated rings. The van der Waals surface area contributed by atoms with Crippen LogP contribution in [-0.4, -0.2) is 0 Å². The zero-order valence-corrected chi connectivity index (χ0v) is 7.68. The molecule has 64 valence electrons. The van der Waals surface area contributed by atoms with Crippen LogP contribution in [0.25, 0.3) is 0 Å². The Morgan fingerprint density at radius 3 is 2.00 bits per heavy atom. The van der Waals surface area contributed by atoms with Gasteiger partial charge in [-0.25, -0.2) is 0 Å². The Kier molecular flexibility index (Phi) is 2.20. The minimum Gasteiger partial charge on any atom is -0.0654 e. The van der Waals surface area contributed by atoms with Crippen LogP contribution in [0.5, 0.6) is 0 Å². The molecule has 0 amide bonds. The van der Waals surface area contributed by atoms with Crippen LogP contribution in [0.15, 0.2) is 0 Å². The predicted octanol–water partition coefficient (Wildman–Crippen LogP) is 3.61. The van der Waals surface area contributed by atoms with E-state index in [-0.39, 0.29) is 0 Å². The van der Waals surface area contributed by atoms with Crippen molar-refractivity contribution >= 4 is 0 Å². The van der Waals surface area contributed by atoms with Gasteiger partial charge in [0.2, 0.25) is 0 Å². The molecule has 0 heteroatoms. The molecule has 0 aromatic carbocycles. The Bertz CT molecular complexity index is 108. The standard InChI is InChI=1S/C11H20/c1-2-3-4-11(9-5-6-9)10-7-8-10/h9-11H,2-8H2,1H3. The molecule has 0 saturated heterocycles. The molecule has 0 nitrogen and oxygen atoms in total. The summed E-state index contributed by atoms with van der Waals surface area (Å²) < 4.78 is 0. The third-order valence-corrected chi connectivity index (χ3v) is 3.35. The molecule has 0 aromatic heterocycles. The first-order valence-electron chi connectivity index (χ1n) is 5.42. The van der Waals surface area contributed by atoms with E-state index in [2.05, 4.69) is 6.92 Å². The lowest BCUT2D eigenvalue weighted by atomic mass is 9.92. The van der Waals surface area contributed by atoms with Crippen molar-refractivity contribution in [1.29, 1.82) is 0 Å². The molecular weight excluding hydrogens is 132 g/mol. The van der Waals surface area contributed by atoms with E-state index in [0.29, 0.717) is 0 Å². The molecule has 0 spiro atoms. The molecular formula is C11H20. The molecule has 11 heavy (non-hydrogen) atoms. The van der Waals surface area contributed by atoms with Crippen LogP contribution in [-0.2, 0) is 0 Å². The van der Waals surface area contributed by atoms with Crippen molar-refractivity contribution in [3.63, 3.8) is 0 Å². The van der Waals surface area contributed by atoms with Crippen molar-refractivity contribution in [3.8, 4) is 0 Å². The molecule has 2 aliphatic rings. The van der Waals surface area contributed by atoms with Gasteiger partial charge in [0.1, 0.15) is 0 Å². The van der Waals surface area contributed by atoms with Crippen LogP contribution in [0.3, 0.4) is 0 Å². The summed E-state index contributed by atoms with van der Waals surface area (Å²) in [4.78, 5) is 0. The van der Waals surface area contributed by atoms with Crippen LogP contribution in [0.2, 0.25) is 0 Å². The van der Waals surface area contributed by atoms with Gasteiger partial charge < -0.3 is 0 Å². The third-order valence-electron chi connectivity index (χ3n) is 3.35. The van der Waals surface area contributed by atoms with Crippen LogP contribution in [0.4, 0.5) is 0 Å². The molecule has 2 rings (SSSR count). The van der Waals surface area contributed by atoms with Crippen LogP contribution in [0, 0.1) is 17.8 Å². The summed E-state index contributed by atoms with van der Waals surface area (Å²) in [6.45, 7) is 2.32. The van der Waals surface area contributed by atoms with Crippen molar-refractivity contribution in [2.75, 3.05) is 0 Å². The first-order chi connectivity index (χ1) is 5.42. The summed E-state index contributed by atoms with van der Waals surface area (Å²) in [6, 6.07) is 0. The molecule has 0 aromatic rings. The monoisotopic (exact) mass is 152 g/mol. The van der Waals surface area contributed by atoms with Gasteiger partial charge in [0.15, 0.2) is 0 Å². The molecule has 0 bridgehead atoms. The summed E-state index contributed by atoms with van der Waals surface area (Å²) in [6.07, 6.45) is 10.7. The summed E-state index contributed by atoms with van der Waals surface area (Å²) in [5, 5.41) is 0. The minimum atomic E-state index is 1.16. The Morgan fingerprint density at radius 2 is 1.64 bits per heavy atom. The van der Waals surface area contributed by atoms with Gasteiger partial charge in [-0.05, 0) is 49.9 Å². The highest BCUT2D eigenvalue weighted by Crippen LogP contribution is 2.51. The maximum Gasteiger partial charge on any atom is -0.0357 e. The molecule has 0 N–H and O–H groups in total. The average Bonchev–Trinajstić information content (AvgIpc) is 2.85. The second-order valence-corrected chi connectivity index (χ2v) is 4.48. The lowest BCUT2D eigenvalue weighted by Crippen LogP contribution is -2.04. The molecule has 0 aliphatic heterocycles. The van der Waals surface area contributed by atoms with E-state index in [0.717, 1.165) is 5.92 Å². The van der Waals surface area contributed by atoms with Crippen molar-refractivity contribution in [1.82, 2.24) is 0 Å². The lowest BCUT2D eigenvalue weighted by molar-refractivity contribution is 0.365. The quantitative estimate of drug-likeness (QED) is 0.564. The second-order valence-electron chi connectivity index (χ2n) is 4.48. The zero-order valence-electron chi connectivity index (χ0n) is 7.68. The summed E-state index contributed by atoms with van der Waals surface area (Å²) in [7, 11) is 0. The van der Waals surface area contributed by atoms with Gasteiger partial charge in [0.25, 0.3) is 0 Å². The Labute approximate surface area is 70.4 Å². The van der Waals surface area contributed by atoms with Crippen LogP contribution < -0.4 is 0 Å². The van der Waals surface area contributed by atoms with E-state index in [1.165, 1.54) is 24.7 Å². The average molecular weight is 152 g/mol. The molecule has 0 atom stereocenters. The summed E-state index contributed by atoms with van der Waals surface area (Å²) >= 11 is 0. The fraction of sp³-hybridized carbons (Fsp3) is 1.00. The largest absolute Gasteiger partial charge is 0.0654 e. The topological polar surface area (TPSA) is 0 Å². The number of rotatable bonds is 5. The van der Waals surface area contributed by atoms with Crippen molar-refractivity contribution in [2.24, 2.45) is 17.8 Å². The van der Waals surface area contributed by atoms with E-state index in [4.69, 9.17) is 0 Å². The van der Waals surface area contributed by atoms with Crippen LogP contribution in [0.1, 0.15) is 51.9 Å². The fourth-order valence-electron chi connectivity index (χ4n) is 2.34. The van der Waals surface area contributed by atoms with E-state index >= 15 is 0 Å².